The monoisotopic (exact) mass is 216 g/mol. The summed E-state index contributed by atoms with van der Waals surface area (Å²) in [6.45, 7) is 1.46. The van der Waals surface area contributed by atoms with Crippen molar-refractivity contribution in [3.8, 4) is 0 Å². The third-order valence-corrected chi connectivity index (χ3v) is 2.58. The zero-order chi connectivity index (χ0) is 10.9. The first kappa shape index (κ1) is 10.7. The lowest BCUT2D eigenvalue weighted by molar-refractivity contribution is 0.0696. The molecule has 0 unspecified atom stereocenters. The van der Waals surface area contributed by atoms with Gasteiger partial charge in [-0.1, -0.05) is 0 Å². The molecule has 2 N–H and O–H groups in total. The minimum absolute atomic E-state index is 0.0115. The maximum absolute atomic E-state index is 10.7. The van der Waals surface area contributed by atoms with Gasteiger partial charge in [-0.2, -0.15) is 8.42 Å². The molecule has 0 saturated heterocycles. The van der Waals surface area contributed by atoms with E-state index in [0.29, 0.717) is 0 Å². The maximum Gasteiger partial charge on any atom is 0.335 e. The molecule has 5 nitrogen and oxygen atoms in total. The summed E-state index contributed by atoms with van der Waals surface area (Å²) in [6.07, 6.45) is 0. The van der Waals surface area contributed by atoms with E-state index < -0.39 is 16.1 Å². The molecule has 0 saturated carbocycles. The smallest absolute Gasteiger partial charge is 0.335 e. The largest absolute Gasteiger partial charge is 0.478 e. The van der Waals surface area contributed by atoms with Crippen LogP contribution in [-0.2, 0) is 10.1 Å². The molecule has 0 aliphatic heterocycles. The van der Waals surface area contributed by atoms with Crippen molar-refractivity contribution in [2.24, 2.45) is 0 Å². The van der Waals surface area contributed by atoms with Crippen LogP contribution in [0.1, 0.15) is 15.9 Å². The van der Waals surface area contributed by atoms with E-state index in [1.807, 2.05) is 0 Å². The highest BCUT2D eigenvalue weighted by Gasteiger charge is 2.13. The van der Waals surface area contributed by atoms with Crippen LogP contribution in [0.3, 0.4) is 0 Å². The zero-order valence-electron chi connectivity index (χ0n) is 7.26. The van der Waals surface area contributed by atoms with E-state index >= 15 is 0 Å². The molecule has 0 aromatic heterocycles. The van der Waals surface area contributed by atoms with Gasteiger partial charge in [0.15, 0.2) is 0 Å². The lowest BCUT2D eigenvalue weighted by Crippen LogP contribution is -2.03. The highest BCUT2D eigenvalue weighted by Crippen LogP contribution is 2.14. The fraction of sp³-hybridized carbons (Fsp3) is 0.125. The second kappa shape index (κ2) is 3.39. The minimum Gasteiger partial charge on any atom is -0.478 e. The van der Waals surface area contributed by atoms with E-state index in [1.165, 1.54) is 6.92 Å². The quantitative estimate of drug-likeness (QED) is 0.718. The summed E-state index contributed by atoms with van der Waals surface area (Å²) in [7, 11) is -4.26. The number of aromatic carboxylic acids is 1. The average Bonchev–Trinajstić information content (AvgIpc) is 2.01. The SMILES string of the molecule is Cc1cc(S(=O)(=O)O)ccc1C(=O)O. The molecule has 0 amide bonds. The predicted molar refractivity (Wildman–Crippen MR) is 48.0 cm³/mol. The maximum atomic E-state index is 10.7. The summed E-state index contributed by atoms with van der Waals surface area (Å²) in [5, 5.41) is 8.65. The van der Waals surface area contributed by atoms with Gasteiger partial charge in [-0.25, -0.2) is 4.79 Å². The Morgan fingerprint density at radius 3 is 2.29 bits per heavy atom. The van der Waals surface area contributed by atoms with E-state index in [4.69, 9.17) is 9.66 Å². The van der Waals surface area contributed by atoms with Crippen LogP contribution in [0.5, 0.6) is 0 Å². The van der Waals surface area contributed by atoms with Gasteiger partial charge in [-0.05, 0) is 30.7 Å². The van der Waals surface area contributed by atoms with Crippen LogP contribution in [0, 0.1) is 6.92 Å². The van der Waals surface area contributed by atoms with Crippen molar-refractivity contribution in [1.82, 2.24) is 0 Å². The second-order valence-electron chi connectivity index (χ2n) is 2.76. The number of rotatable bonds is 2. The van der Waals surface area contributed by atoms with E-state index in [1.54, 1.807) is 0 Å². The first-order valence-electron chi connectivity index (χ1n) is 3.64. The Bertz CT molecular complexity index is 475. The number of hydrogen-bond donors (Lipinski definition) is 2. The molecule has 14 heavy (non-hydrogen) atoms. The molecule has 6 heteroatoms. The van der Waals surface area contributed by atoms with Crippen molar-refractivity contribution in [1.29, 1.82) is 0 Å². The van der Waals surface area contributed by atoms with Gasteiger partial charge >= 0.3 is 5.97 Å². The molecule has 0 heterocycles. The van der Waals surface area contributed by atoms with Crippen LogP contribution in [0.25, 0.3) is 0 Å². The first-order chi connectivity index (χ1) is 6.32. The van der Waals surface area contributed by atoms with Crippen molar-refractivity contribution >= 4 is 16.1 Å². The van der Waals surface area contributed by atoms with Gasteiger partial charge in [-0.15, -0.1) is 0 Å². The van der Waals surface area contributed by atoms with Crippen molar-refractivity contribution < 1.29 is 22.9 Å². The van der Waals surface area contributed by atoms with Crippen molar-refractivity contribution in [2.75, 3.05) is 0 Å². The van der Waals surface area contributed by atoms with Crippen LogP contribution in [0.15, 0.2) is 23.1 Å². The molecule has 1 aromatic carbocycles. The lowest BCUT2D eigenvalue weighted by Gasteiger charge is -2.02. The summed E-state index contributed by atoms with van der Waals surface area (Å²) in [4.78, 5) is 10.3. The van der Waals surface area contributed by atoms with Crippen molar-refractivity contribution in [2.45, 2.75) is 11.8 Å². The number of benzene rings is 1. The zero-order valence-corrected chi connectivity index (χ0v) is 8.08. The summed E-state index contributed by atoms with van der Waals surface area (Å²) in [5.74, 6) is -1.13. The second-order valence-corrected chi connectivity index (χ2v) is 4.18. The third-order valence-electron chi connectivity index (χ3n) is 1.73. The number of hydrogen-bond acceptors (Lipinski definition) is 3. The molecule has 0 spiro atoms. The molecule has 0 bridgehead atoms. The van der Waals surface area contributed by atoms with Gasteiger partial charge in [0.25, 0.3) is 10.1 Å². The van der Waals surface area contributed by atoms with Gasteiger partial charge in [-0.3, -0.25) is 4.55 Å². The lowest BCUT2D eigenvalue weighted by atomic mass is 10.1. The molecular formula is C8H8O5S. The molecule has 1 rings (SSSR count). The molecule has 0 atom stereocenters. The summed E-state index contributed by atoms with van der Waals surface area (Å²) in [6, 6.07) is 3.30. The summed E-state index contributed by atoms with van der Waals surface area (Å²) in [5.41, 5.74) is 0.296. The van der Waals surface area contributed by atoms with Gasteiger partial charge in [0.1, 0.15) is 0 Å². The van der Waals surface area contributed by atoms with Crippen LogP contribution in [-0.4, -0.2) is 24.0 Å². The number of carbonyl (C=O) groups is 1. The third kappa shape index (κ3) is 2.09. The Balaban J connectivity index is 3.34. The Morgan fingerprint density at radius 2 is 1.93 bits per heavy atom. The van der Waals surface area contributed by atoms with Crippen LogP contribution >= 0.6 is 0 Å². The Kier molecular flexibility index (Phi) is 2.59. The van der Waals surface area contributed by atoms with E-state index in [-0.39, 0.29) is 16.0 Å². The summed E-state index contributed by atoms with van der Waals surface area (Å²) >= 11 is 0. The normalized spacial score (nSPS) is 11.3. The minimum atomic E-state index is -4.26. The standard InChI is InChI=1S/C8H8O5S/c1-5-4-6(14(11,12)13)2-3-7(5)8(9)10/h2-4H,1H3,(H,9,10)(H,11,12,13). The Morgan fingerprint density at radius 1 is 1.36 bits per heavy atom. The molecule has 1 aromatic rings. The van der Waals surface area contributed by atoms with Gasteiger partial charge in [0, 0.05) is 0 Å². The molecule has 0 fully saturated rings. The van der Waals surface area contributed by atoms with E-state index in [2.05, 4.69) is 0 Å². The van der Waals surface area contributed by atoms with Crippen LogP contribution in [0.2, 0.25) is 0 Å². The molecule has 0 aliphatic carbocycles. The van der Waals surface area contributed by atoms with Gasteiger partial charge < -0.3 is 5.11 Å². The molecular weight excluding hydrogens is 208 g/mol. The Labute approximate surface area is 80.7 Å². The fourth-order valence-corrected chi connectivity index (χ4v) is 1.60. The number of carboxylic acids is 1. The molecule has 0 aliphatic rings. The topological polar surface area (TPSA) is 91.7 Å². The van der Waals surface area contributed by atoms with E-state index in [0.717, 1.165) is 18.2 Å². The Hall–Kier alpha value is -1.40. The summed E-state index contributed by atoms with van der Waals surface area (Å²) < 4.78 is 30.0. The van der Waals surface area contributed by atoms with Crippen LogP contribution < -0.4 is 0 Å². The van der Waals surface area contributed by atoms with Crippen molar-refractivity contribution in [3.05, 3.63) is 29.3 Å². The number of aryl methyl sites for hydroxylation is 1. The van der Waals surface area contributed by atoms with Gasteiger partial charge in [0.05, 0.1) is 10.5 Å². The fourth-order valence-electron chi connectivity index (χ4n) is 1.04. The first-order valence-corrected chi connectivity index (χ1v) is 5.08. The van der Waals surface area contributed by atoms with Crippen LogP contribution in [0.4, 0.5) is 0 Å². The highest BCUT2D eigenvalue weighted by atomic mass is 32.2. The molecule has 76 valence electrons. The molecule has 0 radical (unpaired) electrons. The van der Waals surface area contributed by atoms with Crippen molar-refractivity contribution in [3.63, 3.8) is 0 Å². The number of carboxylic acid groups (broad SMARTS) is 1. The highest BCUT2D eigenvalue weighted by molar-refractivity contribution is 7.85. The van der Waals surface area contributed by atoms with E-state index in [9.17, 15) is 13.2 Å². The predicted octanol–water partition coefficient (Wildman–Crippen LogP) is 0.940. The van der Waals surface area contributed by atoms with Gasteiger partial charge in [0.2, 0.25) is 0 Å². The average molecular weight is 216 g/mol.